The minimum absolute atomic E-state index is 0.248. The van der Waals surface area contributed by atoms with E-state index in [4.69, 9.17) is 0 Å². The third kappa shape index (κ3) is 3.94. The molecule has 0 aliphatic heterocycles. The molecule has 2 amide bonds. The summed E-state index contributed by atoms with van der Waals surface area (Å²) >= 11 is 0. The zero-order valence-corrected chi connectivity index (χ0v) is 10.9. The van der Waals surface area contributed by atoms with E-state index >= 15 is 0 Å². The standard InChI is InChI=1S/C12H15N3O5/c1-2-6-13-10(16)7-14-12(18)8-4-3-5-9(11(8)17)15(19)20/h3-5,17H,2,6-7H2,1H3,(H,13,16)(H,14,18). The molecule has 0 atom stereocenters. The first-order valence-corrected chi connectivity index (χ1v) is 5.98. The molecule has 0 bridgehead atoms. The summed E-state index contributed by atoms with van der Waals surface area (Å²) in [6, 6.07) is 3.60. The van der Waals surface area contributed by atoms with Gasteiger partial charge in [-0.3, -0.25) is 19.7 Å². The summed E-state index contributed by atoms with van der Waals surface area (Å²) in [5, 5.41) is 25.1. The van der Waals surface area contributed by atoms with Gasteiger partial charge in [0.25, 0.3) is 5.91 Å². The Morgan fingerprint density at radius 1 is 1.35 bits per heavy atom. The van der Waals surface area contributed by atoms with Gasteiger partial charge >= 0.3 is 5.69 Å². The molecule has 0 aliphatic rings. The molecule has 0 spiro atoms. The van der Waals surface area contributed by atoms with Gasteiger partial charge in [0.15, 0.2) is 0 Å². The van der Waals surface area contributed by atoms with Gasteiger partial charge in [-0.05, 0) is 12.5 Å². The van der Waals surface area contributed by atoms with Gasteiger partial charge in [-0.15, -0.1) is 0 Å². The van der Waals surface area contributed by atoms with Crippen LogP contribution in [-0.4, -0.2) is 34.9 Å². The second kappa shape index (κ2) is 7.07. The highest BCUT2D eigenvalue weighted by atomic mass is 16.6. The zero-order valence-electron chi connectivity index (χ0n) is 10.9. The highest BCUT2D eigenvalue weighted by molar-refractivity contribution is 5.99. The van der Waals surface area contributed by atoms with Crippen molar-refractivity contribution in [2.75, 3.05) is 13.1 Å². The average Bonchev–Trinajstić information content (AvgIpc) is 2.42. The molecular formula is C12H15N3O5. The lowest BCUT2D eigenvalue weighted by atomic mass is 10.1. The molecule has 0 aliphatic carbocycles. The second-order valence-electron chi connectivity index (χ2n) is 3.96. The van der Waals surface area contributed by atoms with Crippen molar-refractivity contribution in [2.45, 2.75) is 13.3 Å². The van der Waals surface area contributed by atoms with Crippen LogP contribution in [0, 0.1) is 10.1 Å². The molecule has 0 radical (unpaired) electrons. The van der Waals surface area contributed by atoms with Gasteiger partial charge in [0, 0.05) is 12.6 Å². The van der Waals surface area contributed by atoms with Crippen LogP contribution in [0.25, 0.3) is 0 Å². The summed E-state index contributed by atoms with van der Waals surface area (Å²) in [5.41, 5.74) is -0.810. The van der Waals surface area contributed by atoms with E-state index in [0.717, 1.165) is 12.5 Å². The van der Waals surface area contributed by atoms with Crippen molar-refractivity contribution in [3.63, 3.8) is 0 Å². The van der Waals surface area contributed by atoms with Crippen LogP contribution >= 0.6 is 0 Å². The van der Waals surface area contributed by atoms with Gasteiger partial charge in [0.05, 0.1) is 17.0 Å². The Labute approximate surface area is 114 Å². The number of nitrogens with zero attached hydrogens (tertiary/aromatic N) is 1. The largest absolute Gasteiger partial charge is 0.502 e. The molecule has 8 heteroatoms. The van der Waals surface area contributed by atoms with Crippen molar-refractivity contribution < 1.29 is 19.6 Å². The third-order valence-electron chi connectivity index (χ3n) is 2.44. The molecule has 1 aromatic carbocycles. The molecule has 3 N–H and O–H groups in total. The predicted octanol–water partition coefficient (Wildman–Crippen LogP) is 0.556. The van der Waals surface area contributed by atoms with Gasteiger partial charge in [0.2, 0.25) is 11.7 Å². The normalized spacial score (nSPS) is 9.85. The van der Waals surface area contributed by atoms with E-state index in [1.807, 2.05) is 6.92 Å². The lowest BCUT2D eigenvalue weighted by Crippen LogP contribution is -2.37. The van der Waals surface area contributed by atoms with Crippen LogP contribution in [-0.2, 0) is 4.79 Å². The number of amides is 2. The summed E-state index contributed by atoms with van der Waals surface area (Å²) in [4.78, 5) is 32.9. The molecule has 0 saturated carbocycles. The molecule has 0 saturated heterocycles. The lowest BCUT2D eigenvalue weighted by Gasteiger charge is -2.07. The van der Waals surface area contributed by atoms with Crippen LogP contribution in [0.5, 0.6) is 5.75 Å². The predicted molar refractivity (Wildman–Crippen MR) is 70.4 cm³/mol. The van der Waals surface area contributed by atoms with E-state index < -0.39 is 22.3 Å². The maximum atomic E-state index is 11.7. The Hall–Kier alpha value is -2.64. The van der Waals surface area contributed by atoms with E-state index in [9.17, 15) is 24.8 Å². The number of carbonyl (C=O) groups is 2. The van der Waals surface area contributed by atoms with Gasteiger partial charge < -0.3 is 15.7 Å². The second-order valence-corrected chi connectivity index (χ2v) is 3.96. The Kier molecular flexibility index (Phi) is 5.45. The molecular weight excluding hydrogens is 266 g/mol. The van der Waals surface area contributed by atoms with E-state index in [1.165, 1.54) is 12.1 Å². The maximum Gasteiger partial charge on any atom is 0.311 e. The molecule has 0 heterocycles. The summed E-state index contributed by atoms with van der Waals surface area (Å²) in [6.45, 7) is 2.12. The number of nitrogens with one attached hydrogen (secondary N) is 2. The average molecular weight is 281 g/mol. The molecule has 20 heavy (non-hydrogen) atoms. The summed E-state index contributed by atoms with van der Waals surface area (Å²) < 4.78 is 0. The van der Waals surface area contributed by atoms with Gasteiger partial charge in [-0.2, -0.15) is 0 Å². The van der Waals surface area contributed by atoms with Gasteiger partial charge in [0.1, 0.15) is 0 Å². The van der Waals surface area contributed by atoms with Crippen molar-refractivity contribution in [3.05, 3.63) is 33.9 Å². The fourth-order valence-electron chi connectivity index (χ4n) is 1.44. The topological polar surface area (TPSA) is 122 Å². The minimum atomic E-state index is -0.792. The number of nitro groups is 1. The van der Waals surface area contributed by atoms with Crippen LogP contribution in [0.2, 0.25) is 0 Å². The number of nitro benzene ring substituents is 1. The molecule has 1 aromatic rings. The first-order valence-electron chi connectivity index (χ1n) is 5.98. The first kappa shape index (κ1) is 15.4. The molecule has 0 unspecified atom stereocenters. The van der Waals surface area contributed by atoms with Crippen molar-refractivity contribution in [3.8, 4) is 5.75 Å². The number of phenols is 1. The van der Waals surface area contributed by atoms with Crippen molar-refractivity contribution in [1.29, 1.82) is 0 Å². The zero-order chi connectivity index (χ0) is 15.1. The number of carbonyl (C=O) groups excluding carboxylic acids is 2. The molecule has 0 fully saturated rings. The SMILES string of the molecule is CCCNC(=O)CNC(=O)c1cccc([N+](=O)[O-])c1O. The summed E-state index contributed by atoms with van der Waals surface area (Å²) in [6.07, 6.45) is 0.769. The minimum Gasteiger partial charge on any atom is -0.502 e. The van der Waals surface area contributed by atoms with Crippen molar-refractivity contribution >= 4 is 17.5 Å². The maximum absolute atomic E-state index is 11.7. The Balaban J connectivity index is 2.71. The molecule has 108 valence electrons. The van der Waals surface area contributed by atoms with Crippen molar-refractivity contribution in [2.24, 2.45) is 0 Å². The third-order valence-corrected chi connectivity index (χ3v) is 2.44. The van der Waals surface area contributed by atoms with E-state index in [-0.39, 0.29) is 18.0 Å². The van der Waals surface area contributed by atoms with Crippen LogP contribution in [0.1, 0.15) is 23.7 Å². The molecule has 1 rings (SSSR count). The number of rotatable bonds is 6. The van der Waals surface area contributed by atoms with Crippen LogP contribution in [0.4, 0.5) is 5.69 Å². The Morgan fingerprint density at radius 2 is 2.05 bits per heavy atom. The van der Waals surface area contributed by atoms with Gasteiger partial charge in [-0.25, -0.2) is 0 Å². The van der Waals surface area contributed by atoms with Crippen molar-refractivity contribution in [1.82, 2.24) is 10.6 Å². The van der Waals surface area contributed by atoms with E-state index in [1.54, 1.807) is 0 Å². The number of hydrogen-bond acceptors (Lipinski definition) is 5. The molecule has 8 nitrogen and oxygen atoms in total. The number of para-hydroxylation sites is 1. The van der Waals surface area contributed by atoms with E-state index in [2.05, 4.69) is 10.6 Å². The Bertz CT molecular complexity index is 530. The first-order chi connectivity index (χ1) is 9.47. The number of hydrogen-bond donors (Lipinski definition) is 3. The molecule has 0 aromatic heterocycles. The number of benzene rings is 1. The fraction of sp³-hybridized carbons (Fsp3) is 0.333. The van der Waals surface area contributed by atoms with Crippen LogP contribution < -0.4 is 10.6 Å². The van der Waals surface area contributed by atoms with Crippen LogP contribution in [0.15, 0.2) is 18.2 Å². The number of phenolic OH excluding ortho intramolecular Hbond substituents is 1. The lowest BCUT2D eigenvalue weighted by molar-refractivity contribution is -0.385. The highest BCUT2D eigenvalue weighted by Gasteiger charge is 2.20. The van der Waals surface area contributed by atoms with Crippen LogP contribution in [0.3, 0.4) is 0 Å². The monoisotopic (exact) mass is 281 g/mol. The number of aromatic hydroxyl groups is 1. The van der Waals surface area contributed by atoms with Gasteiger partial charge in [-0.1, -0.05) is 13.0 Å². The Morgan fingerprint density at radius 3 is 2.65 bits per heavy atom. The fourth-order valence-corrected chi connectivity index (χ4v) is 1.44. The van der Waals surface area contributed by atoms with E-state index in [0.29, 0.717) is 6.54 Å². The summed E-state index contributed by atoms with van der Waals surface area (Å²) in [7, 11) is 0. The quantitative estimate of drug-likeness (QED) is 0.519. The summed E-state index contributed by atoms with van der Waals surface area (Å²) in [5.74, 6) is -1.84. The highest BCUT2D eigenvalue weighted by Crippen LogP contribution is 2.28. The smallest absolute Gasteiger partial charge is 0.311 e.